The molecule has 0 unspecified atom stereocenters. The van der Waals surface area contributed by atoms with Gasteiger partial charge in [-0.2, -0.15) is 0 Å². The standard InChI is InChI=1S/C23H29ClN4O5S/c1-17(2)26-22(29)27(15-20-8-6-11-33-20)14-19-13-25-23(28(19)10-12-32-3)34(30,31)16-18-7-4-5-9-21(18)24/h4-9,11,13,17H,10,12,14-16H2,1-3H3,(H,26,29). The van der Waals surface area contributed by atoms with Crippen LogP contribution in [0.5, 0.6) is 0 Å². The minimum atomic E-state index is -3.83. The lowest BCUT2D eigenvalue weighted by Gasteiger charge is -2.24. The number of halogens is 1. The molecule has 9 nitrogen and oxygen atoms in total. The van der Waals surface area contributed by atoms with Crippen LogP contribution in [-0.4, -0.2) is 48.7 Å². The van der Waals surface area contributed by atoms with Gasteiger partial charge in [-0.25, -0.2) is 18.2 Å². The van der Waals surface area contributed by atoms with Crippen LogP contribution in [0, 0.1) is 0 Å². The third-order valence-electron chi connectivity index (χ3n) is 4.98. The van der Waals surface area contributed by atoms with Crippen molar-refractivity contribution in [3.8, 4) is 0 Å². The van der Waals surface area contributed by atoms with Crippen LogP contribution in [0.3, 0.4) is 0 Å². The molecule has 0 aliphatic rings. The fourth-order valence-corrected chi connectivity index (χ4v) is 5.23. The van der Waals surface area contributed by atoms with E-state index in [1.807, 2.05) is 13.8 Å². The first-order chi connectivity index (χ1) is 16.2. The Kier molecular flexibility index (Phi) is 8.76. The Labute approximate surface area is 204 Å². The van der Waals surface area contributed by atoms with Gasteiger partial charge < -0.3 is 23.9 Å². The molecular weight excluding hydrogens is 480 g/mol. The molecule has 11 heteroatoms. The highest BCUT2D eigenvalue weighted by molar-refractivity contribution is 7.90. The zero-order chi connectivity index (χ0) is 24.7. The molecule has 0 aliphatic heterocycles. The van der Waals surface area contributed by atoms with E-state index in [0.29, 0.717) is 22.0 Å². The summed E-state index contributed by atoms with van der Waals surface area (Å²) in [6.45, 7) is 4.59. The van der Waals surface area contributed by atoms with Crippen molar-refractivity contribution in [1.29, 1.82) is 0 Å². The molecule has 3 rings (SSSR count). The van der Waals surface area contributed by atoms with Crippen molar-refractivity contribution in [3.05, 3.63) is 70.9 Å². The van der Waals surface area contributed by atoms with Crippen LogP contribution in [0.1, 0.15) is 30.9 Å². The monoisotopic (exact) mass is 508 g/mol. The van der Waals surface area contributed by atoms with Crippen LogP contribution < -0.4 is 5.32 Å². The predicted octanol–water partition coefficient (Wildman–Crippen LogP) is 3.87. The van der Waals surface area contributed by atoms with Crippen molar-refractivity contribution in [1.82, 2.24) is 19.8 Å². The number of hydrogen-bond donors (Lipinski definition) is 1. The van der Waals surface area contributed by atoms with Crippen molar-refractivity contribution in [2.45, 2.75) is 50.4 Å². The molecule has 2 amide bonds. The molecule has 0 bridgehead atoms. The number of benzene rings is 1. The van der Waals surface area contributed by atoms with Crippen molar-refractivity contribution in [2.24, 2.45) is 0 Å². The molecule has 0 fully saturated rings. The molecule has 0 saturated heterocycles. The zero-order valence-corrected chi connectivity index (χ0v) is 21.0. The molecular formula is C23H29ClN4O5S. The Morgan fingerprint density at radius 2 is 2.00 bits per heavy atom. The molecule has 34 heavy (non-hydrogen) atoms. The minimum absolute atomic E-state index is 0.0726. The summed E-state index contributed by atoms with van der Waals surface area (Å²) in [4.78, 5) is 18.7. The van der Waals surface area contributed by atoms with Crippen molar-refractivity contribution < 1.29 is 22.4 Å². The topological polar surface area (TPSA) is 107 Å². The highest BCUT2D eigenvalue weighted by atomic mass is 35.5. The second kappa shape index (κ2) is 11.5. The van der Waals surface area contributed by atoms with Gasteiger partial charge in [-0.15, -0.1) is 0 Å². The van der Waals surface area contributed by atoms with Crippen LogP contribution in [0.2, 0.25) is 5.02 Å². The van der Waals surface area contributed by atoms with Crippen LogP contribution >= 0.6 is 11.6 Å². The molecule has 0 aliphatic carbocycles. The summed E-state index contributed by atoms with van der Waals surface area (Å²) in [5.41, 5.74) is 1.04. The van der Waals surface area contributed by atoms with Gasteiger partial charge in [-0.1, -0.05) is 29.8 Å². The fourth-order valence-electron chi connectivity index (χ4n) is 3.40. The van der Waals surface area contributed by atoms with E-state index in [-0.39, 0.29) is 49.2 Å². The first-order valence-corrected chi connectivity index (χ1v) is 12.8. The Bertz CT molecular complexity index is 1190. The van der Waals surface area contributed by atoms with E-state index in [4.69, 9.17) is 20.8 Å². The maximum absolute atomic E-state index is 13.3. The number of rotatable bonds is 11. The molecule has 0 spiro atoms. The molecule has 3 aromatic rings. The Hall–Kier alpha value is -2.82. The van der Waals surface area contributed by atoms with E-state index in [9.17, 15) is 13.2 Å². The number of nitrogens with one attached hydrogen (secondary N) is 1. The van der Waals surface area contributed by atoms with Gasteiger partial charge in [0.2, 0.25) is 15.0 Å². The number of furan rings is 1. The maximum Gasteiger partial charge on any atom is 0.318 e. The third-order valence-corrected chi connectivity index (χ3v) is 6.92. The number of hydrogen-bond acceptors (Lipinski definition) is 6. The molecule has 0 atom stereocenters. The second-order valence-corrected chi connectivity index (χ2v) is 10.4. The average molecular weight is 509 g/mol. The van der Waals surface area contributed by atoms with E-state index in [0.717, 1.165) is 0 Å². The highest BCUT2D eigenvalue weighted by Gasteiger charge is 2.26. The summed E-state index contributed by atoms with van der Waals surface area (Å²) in [6.07, 6.45) is 3.02. The second-order valence-electron chi connectivity index (χ2n) is 8.07. The average Bonchev–Trinajstić information content (AvgIpc) is 3.43. The van der Waals surface area contributed by atoms with Gasteiger partial charge in [0, 0.05) is 24.7 Å². The summed E-state index contributed by atoms with van der Waals surface area (Å²) in [5.74, 6) is 0.313. The molecule has 2 heterocycles. The number of ether oxygens (including phenoxy) is 1. The SMILES string of the molecule is COCCn1c(CN(Cc2ccco2)C(=O)NC(C)C)cnc1S(=O)(=O)Cc1ccccc1Cl. The number of sulfone groups is 1. The number of aromatic nitrogens is 2. The van der Waals surface area contributed by atoms with Gasteiger partial charge >= 0.3 is 6.03 Å². The number of amides is 2. The number of carbonyl (C=O) groups is 1. The van der Waals surface area contributed by atoms with E-state index in [1.54, 1.807) is 45.9 Å². The van der Waals surface area contributed by atoms with Gasteiger partial charge in [-0.3, -0.25) is 0 Å². The molecule has 1 aromatic carbocycles. The number of urea groups is 1. The van der Waals surface area contributed by atoms with E-state index < -0.39 is 9.84 Å². The van der Waals surface area contributed by atoms with Crippen molar-refractivity contribution in [3.63, 3.8) is 0 Å². The van der Waals surface area contributed by atoms with Gasteiger partial charge in [0.15, 0.2) is 0 Å². The summed E-state index contributed by atoms with van der Waals surface area (Å²) in [5, 5.41) is 3.15. The minimum Gasteiger partial charge on any atom is -0.467 e. The van der Waals surface area contributed by atoms with Gasteiger partial charge in [0.25, 0.3) is 0 Å². The normalized spacial score (nSPS) is 11.7. The molecule has 184 valence electrons. The summed E-state index contributed by atoms with van der Waals surface area (Å²) < 4.78 is 38.8. The van der Waals surface area contributed by atoms with Crippen LogP contribution in [-0.2, 0) is 40.0 Å². The maximum atomic E-state index is 13.3. The first-order valence-electron chi connectivity index (χ1n) is 10.8. The third kappa shape index (κ3) is 6.62. The Balaban J connectivity index is 1.93. The smallest absolute Gasteiger partial charge is 0.318 e. The summed E-state index contributed by atoms with van der Waals surface area (Å²) in [7, 11) is -2.29. The number of methoxy groups -OCH3 is 1. The number of nitrogens with zero attached hydrogens (tertiary/aromatic N) is 3. The Morgan fingerprint density at radius 1 is 1.24 bits per heavy atom. The largest absolute Gasteiger partial charge is 0.467 e. The van der Waals surface area contributed by atoms with Gasteiger partial charge in [0.1, 0.15) is 5.76 Å². The molecule has 0 radical (unpaired) electrons. The molecule has 2 aromatic heterocycles. The quantitative estimate of drug-likeness (QED) is 0.421. The summed E-state index contributed by atoms with van der Waals surface area (Å²) >= 11 is 6.19. The number of carbonyl (C=O) groups excluding carboxylic acids is 1. The van der Waals surface area contributed by atoms with Gasteiger partial charge in [0.05, 0.1) is 43.6 Å². The predicted molar refractivity (Wildman–Crippen MR) is 128 cm³/mol. The highest BCUT2D eigenvalue weighted by Crippen LogP contribution is 2.23. The van der Waals surface area contributed by atoms with Crippen LogP contribution in [0.25, 0.3) is 0 Å². The first kappa shape index (κ1) is 25.8. The lowest BCUT2D eigenvalue weighted by molar-refractivity contribution is 0.175. The summed E-state index contributed by atoms with van der Waals surface area (Å²) in [6, 6.07) is 9.95. The lowest BCUT2D eigenvalue weighted by Crippen LogP contribution is -2.42. The van der Waals surface area contributed by atoms with Gasteiger partial charge in [-0.05, 0) is 37.6 Å². The van der Waals surface area contributed by atoms with E-state index >= 15 is 0 Å². The Morgan fingerprint density at radius 3 is 2.65 bits per heavy atom. The van der Waals surface area contributed by atoms with Crippen LogP contribution in [0.15, 0.2) is 58.4 Å². The fraction of sp³-hybridized carbons (Fsp3) is 0.391. The zero-order valence-electron chi connectivity index (χ0n) is 19.4. The van der Waals surface area contributed by atoms with Crippen molar-refractivity contribution in [2.75, 3.05) is 13.7 Å². The van der Waals surface area contributed by atoms with Crippen molar-refractivity contribution >= 4 is 27.5 Å². The number of imidazole rings is 1. The molecule has 1 N–H and O–H groups in total. The van der Waals surface area contributed by atoms with E-state index in [2.05, 4.69) is 10.3 Å². The van der Waals surface area contributed by atoms with Crippen LogP contribution in [0.4, 0.5) is 4.79 Å². The molecule has 0 saturated carbocycles. The lowest BCUT2D eigenvalue weighted by atomic mass is 10.2. The van der Waals surface area contributed by atoms with E-state index in [1.165, 1.54) is 19.6 Å².